The molecule has 1 saturated heterocycles. The molecule has 27 heavy (non-hydrogen) atoms. The lowest BCUT2D eigenvalue weighted by Gasteiger charge is -2.24. The largest absolute Gasteiger partial charge is 0.478 e. The van der Waals surface area contributed by atoms with Crippen LogP contribution in [0.1, 0.15) is 48.7 Å². The van der Waals surface area contributed by atoms with Crippen LogP contribution in [-0.4, -0.2) is 43.6 Å². The van der Waals surface area contributed by atoms with Gasteiger partial charge in [0.25, 0.3) is 0 Å². The second-order valence-electron chi connectivity index (χ2n) is 7.09. The number of benzene rings is 1. The van der Waals surface area contributed by atoms with E-state index in [0.29, 0.717) is 17.2 Å². The van der Waals surface area contributed by atoms with Gasteiger partial charge in [-0.2, -0.15) is 0 Å². The third-order valence-corrected chi connectivity index (χ3v) is 5.49. The molecule has 6 nitrogen and oxygen atoms in total. The molecule has 1 fully saturated rings. The first kappa shape index (κ1) is 17.7. The lowest BCUT2D eigenvalue weighted by Crippen LogP contribution is -2.23. The molecule has 1 atom stereocenters. The molecule has 4 rings (SSSR count). The molecule has 1 N–H and O–H groups in total. The molecule has 0 bridgehead atoms. The molecule has 140 valence electrons. The van der Waals surface area contributed by atoms with E-state index in [1.165, 1.54) is 37.7 Å². The van der Waals surface area contributed by atoms with Crippen molar-refractivity contribution >= 4 is 17.1 Å². The average molecular weight is 364 g/mol. The molecular formula is C21H24N4O2. The van der Waals surface area contributed by atoms with Crippen LogP contribution in [-0.2, 0) is 6.54 Å². The number of likely N-dealkylation sites (tertiary alicyclic amines) is 1. The van der Waals surface area contributed by atoms with E-state index >= 15 is 0 Å². The van der Waals surface area contributed by atoms with Gasteiger partial charge in [0.2, 0.25) is 0 Å². The molecule has 0 radical (unpaired) electrons. The topological polar surface area (TPSA) is 71.2 Å². The maximum Gasteiger partial charge on any atom is 0.337 e. The number of nitrogens with zero attached hydrogens (tertiary/aromatic N) is 4. The van der Waals surface area contributed by atoms with Crippen LogP contribution in [0, 0.1) is 0 Å². The van der Waals surface area contributed by atoms with Gasteiger partial charge in [0.05, 0.1) is 5.56 Å². The molecule has 0 spiro atoms. The van der Waals surface area contributed by atoms with Crippen molar-refractivity contribution in [3.8, 4) is 11.4 Å². The van der Waals surface area contributed by atoms with Crippen molar-refractivity contribution in [1.82, 2.24) is 19.4 Å². The van der Waals surface area contributed by atoms with Crippen LogP contribution in [0.25, 0.3) is 22.6 Å². The number of carboxylic acid groups (broad SMARTS) is 1. The van der Waals surface area contributed by atoms with Crippen LogP contribution in [0.4, 0.5) is 0 Å². The average Bonchev–Trinajstić information content (AvgIpc) is 3.34. The van der Waals surface area contributed by atoms with Crippen molar-refractivity contribution < 1.29 is 9.90 Å². The van der Waals surface area contributed by atoms with Crippen LogP contribution < -0.4 is 0 Å². The summed E-state index contributed by atoms with van der Waals surface area (Å²) in [7, 11) is 0. The number of aromatic nitrogens is 3. The molecule has 3 aromatic rings. The smallest absolute Gasteiger partial charge is 0.337 e. The van der Waals surface area contributed by atoms with Gasteiger partial charge in [0, 0.05) is 24.3 Å². The molecule has 0 aliphatic carbocycles. The highest BCUT2D eigenvalue weighted by Gasteiger charge is 2.20. The van der Waals surface area contributed by atoms with E-state index in [9.17, 15) is 9.90 Å². The summed E-state index contributed by atoms with van der Waals surface area (Å²) in [5.74, 6) is -0.167. The number of pyridine rings is 1. The Balaban J connectivity index is 1.69. The predicted octanol–water partition coefficient (Wildman–Crippen LogP) is 3.97. The van der Waals surface area contributed by atoms with Gasteiger partial charge in [-0.25, -0.2) is 14.8 Å². The molecule has 3 heterocycles. The van der Waals surface area contributed by atoms with Crippen LogP contribution in [0.15, 0.2) is 36.5 Å². The van der Waals surface area contributed by atoms with E-state index in [0.717, 1.165) is 17.9 Å². The second kappa shape index (κ2) is 7.12. The Labute approximate surface area is 158 Å². The minimum atomic E-state index is -0.989. The Morgan fingerprint density at radius 1 is 1.22 bits per heavy atom. The highest BCUT2D eigenvalue weighted by Crippen LogP contribution is 2.28. The minimum Gasteiger partial charge on any atom is -0.478 e. The first-order chi connectivity index (χ1) is 13.1. The van der Waals surface area contributed by atoms with Crippen LogP contribution in [0.5, 0.6) is 0 Å². The molecule has 1 aromatic carbocycles. The molecule has 1 aliphatic rings. The van der Waals surface area contributed by atoms with Gasteiger partial charge >= 0.3 is 5.97 Å². The summed E-state index contributed by atoms with van der Waals surface area (Å²) in [5.41, 5.74) is 3.81. The van der Waals surface area contributed by atoms with Crippen LogP contribution in [0.2, 0.25) is 0 Å². The Hall–Kier alpha value is -2.73. The third-order valence-electron chi connectivity index (χ3n) is 5.49. The number of rotatable bonds is 5. The molecule has 6 heteroatoms. The van der Waals surface area contributed by atoms with Gasteiger partial charge in [-0.3, -0.25) is 4.90 Å². The predicted molar refractivity (Wildman–Crippen MR) is 105 cm³/mol. The SMILES string of the molecule is CCn1c(-c2ccc(C(C)N3CCCC3)cc2)nc2cc(C(=O)O)cnc21. The molecule has 1 aliphatic heterocycles. The van der Waals surface area contributed by atoms with E-state index < -0.39 is 5.97 Å². The van der Waals surface area contributed by atoms with E-state index in [1.54, 1.807) is 6.07 Å². The summed E-state index contributed by atoms with van der Waals surface area (Å²) in [4.78, 5) is 22.7. The van der Waals surface area contributed by atoms with Crippen LogP contribution >= 0.6 is 0 Å². The lowest BCUT2D eigenvalue weighted by atomic mass is 10.0. The van der Waals surface area contributed by atoms with Gasteiger partial charge in [-0.05, 0) is 51.4 Å². The zero-order valence-corrected chi connectivity index (χ0v) is 15.7. The Kier molecular flexibility index (Phi) is 4.66. The highest BCUT2D eigenvalue weighted by atomic mass is 16.4. The van der Waals surface area contributed by atoms with Crippen LogP contribution in [0.3, 0.4) is 0 Å². The van der Waals surface area contributed by atoms with Gasteiger partial charge in [0.15, 0.2) is 5.65 Å². The molecular weight excluding hydrogens is 340 g/mol. The first-order valence-electron chi connectivity index (χ1n) is 9.52. The quantitative estimate of drug-likeness (QED) is 0.742. The number of aryl methyl sites for hydroxylation is 1. The maximum absolute atomic E-state index is 11.2. The number of hydrogen-bond donors (Lipinski definition) is 1. The number of imidazole rings is 1. The van der Waals surface area contributed by atoms with E-state index in [1.807, 2.05) is 11.5 Å². The van der Waals surface area contributed by atoms with Crippen molar-refractivity contribution in [1.29, 1.82) is 0 Å². The van der Waals surface area contributed by atoms with Gasteiger partial charge < -0.3 is 9.67 Å². The normalized spacial score (nSPS) is 16.1. The zero-order chi connectivity index (χ0) is 19.0. The molecule has 1 unspecified atom stereocenters. The van der Waals surface area contributed by atoms with Gasteiger partial charge in [-0.1, -0.05) is 24.3 Å². The van der Waals surface area contributed by atoms with Crippen molar-refractivity contribution in [2.45, 2.75) is 39.3 Å². The maximum atomic E-state index is 11.2. The summed E-state index contributed by atoms with van der Waals surface area (Å²) in [6, 6.07) is 10.6. The fraction of sp³-hybridized carbons (Fsp3) is 0.381. The van der Waals surface area contributed by atoms with Crippen molar-refractivity contribution in [3.05, 3.63) is 47.7 Å². The fourth-order valence-electron chi connectivity index (χ4n) is 3.90. The Morgan fingerprint density at radius 3 is 2.56 bits per heavy atom. The Bertz CT molecular complexity index is 972. The van der Waals surface area contributed by atoms with Gasteiger partial charge in [-0.15, -0.1) is 0 Å². The zero-order valence-electron chi connectivity index (χ0n) is 15.7. The Morgan fingerprint density at radius 2 is 1.93 bits per heavy atom. The molecule has 0 amide bonds. The highest BCUT2D eigenvalue weighted by molar-refractivity contribution is 5.91. The number of carbonyl (C=O) groups is 1. The van der Waals surface area contributed by atoms with E-state index in [-0.39, 0.29) is 5.56 Å². The first-order valence-corrected chi connectivity index (χ1v) is 9.52. The number of aromatic carboxylic acids is 1. The summed E-state index contributed by atoms with van der Waals surface area (Å²) in [6.45, 7) is 7.37. The molecule has 0 saturated carbocycles. The summed E-state index contributed by atoms with van der Waals surface area (Å²) < 4.78 is 2.03. The summed E-state index contributed by atoms with van der Waals surface area (Å²) in [6.07, 6.45) is 3.96. The van der Waals surface area contributed by atoms with Crippen molar-refractivity contribution in [3.63, 3.8) is 0 Å². The minimum absolute atomic E-state index is 0.157. The second-order valence-corrected chi connectivity index (χ2v) is 7.09. The summed E-state index contributed by atoms with van der Waals surface area (Å²) in [5, 5.41) is 9.19. The third kappa shape index (κ3) is 3.21. The van der Waals surface area contributed by atoms with E-state index in [2.05, 4.69) is 46.1 Å². The lowest BCUT2D eigenvalue weighted by molar-refractivity contribution is 0.0696. The monoisotopic (exact) mass is 364 g/mol. The van der Waals surface area contributed by atoms with Gasteiger partial charge in [0.1, 0.15) is 11.3 Å². The van der Waals surface area contributed by atoms with Crippen molar-refractivity contribution in [2.75, 3.05) is 13.1 Å². The number of carboxylic acids is 1. The molecule has 2 aromatic heterocycles. The van der Waals surface area contributed by atoms with Crippen molar-refractivity contribution in [2.24, 2.45) is 0 Å². The number of fused-ring (bicyclic) bond motifs is 1. The number of hydrogen-bond acceptors (Lipinski definition) is 4. The standard InChI is InChI=1S/C21H24N4O2/c1-3-25-19(23-18-12-17(21(26)27)13-22-20(18)25)16-8-6-15(7-9-16)14(2)24-10-4-5-11-24/h6-9,12-14H,3-5,10-11H2,1-2H3,(H,26,27). The fourth-order valence-corrected chi connectivity index (χ4v) is 3.90. The summed E-state index contributed by atoms with van der Waals surface area (Å²) >= 11 is 0. The van der Waals surface area contributed by atoms with E-state index in [4.69, 9.17) is 0 Å².